The second-order valence-corrected chi connectivity index (χ2v) is 7.32. The first-order chi connectivity index (χ1) is 13.2. The molecule has 3 aromatic rings. The molecule has 4 heteroatoms. The molecule has 0 unspecified atom stereocenters. The van der Waals surface area contributed by atoms with E-state index in [9.17, 15) is 4.79 Å². The summed E-state index contributed by atoms with van der Waals surface area (Å²) >= 11 is 1.53. The summed E-state index contributed by atoms with van der Waals surface area (Å²) in [5.74, 6) is 0.713. The minimum atomic E-state index is -0.125. The van der Waals surface area contributed by atoms with Gasteiger partial charge in [0.1, 0.15) is 0 Å². The Labute approximate surface area is 164 Å². The van der Waals surface area contributed by atoms with Crippen molar-refractivity contribution in [2.24, 2.45) is 0 Å². The number of aromatic nitrogens is 2. The highest BCUT2D eigenvalue weighted by Gasteiger charge is 2.16. The lowest BCUT2D eigenvalue weighted by Crippen LogP contribution is -2.24. The predicted molar refractivity (Wildman–Crippen MR) is 116 cm³/mol. The summed E-state index contributed by atoms with van der Waals surface area (Å²) in [7, 11) is 0. The highest BCUT2D eigenvalue weighted by molar-refractivity contribution is 7.99. The van der Waals surface area contributed by atoms with Crippen LogP contribution in [-0.4, -0.2) is 15.3 Å². The molecular formula is C23H24N2OS. The standard InChI is InChI=1S/C23H24N2OS/c1-4-13-25-21(20(6-3)22(26)24-23(25)27-14-5-2)16-17-11-12-18-9-7-8-10-19(18)15-17/h4-5,7-12,15H,1-2,6,13-14,16H2,3H3. The van der Waals surface area contributed by atoms with Gasteiger partial charge in [-0.05, 0) is 22.8 Å². The number of fused-ring (bicyclic) bond motifs is 1. The lowest BCUT2D eigenvalue weighted by Gasteiger charge is -2.19. The van der Waals surface area contributed by atoms with Crippen molar-refractivity contribution < 1.29 is 0 Å². The van der Waals surface area contributed by atoms with Crippen molar-refractivity contribution in [3.05, 3.63) is 94.9 Å². The van der Waals surface area contributed by atoms with Crippen molar-refractivity contribution in [1.29, 1.82) is 0 Å². The van der Waals surface area contributed by atoms with Gasteiger partial charge >= 0.3 is 0 Å². The van der Waals surface area contributed by atoms with Crippen LogP contribution in [0, 0.1) is 0 Å². The third-order valence-corrected chi connectivity index (χ3v) is 5.51. The van der Waals surface area contributed by atoms with Gasteiger partial charge in [0.05, 0.1) is 0 Å². The van der Waals surface area contributed by atoms with E-state index in [0.29, 0.717) is 25.1 Å². The first-order valence-corrected chi connectivity index (χ1v) is 10.1. The molecule has 1 heterocycles. The lowest BCUT2D eigenvalue weighted by atomic mass is 10.0. The van der Waals surface area contributed by atoms with Crippen molar-refractivity contribution >= 4 is 22.5 Å². The van der Waals surface area contributed by atoms with Gasteiger partial charge < -0.3 is 4.57 Å². The number of allylic oxidation sites excluding steroid dienone is 1. The summed E-state index contributed by atoms with van der Waals surface area (Å²) in [4.78, 5) is 17.0. The van der Waals surface area contributed by atoms with Gasteiger partial charge in [0, 0.05) is 30.0 Å². The van der Waals surface area contributed by atoms with Crippen LogP contribution in [0.25, 0.3) is 10.8 Å². The van der Waals surface area contributed by atoms with Gasteiger partial charge in [-0.25, -0.2) is 0 Å². The minimum absolute atomic E-state index is 0.125. The van der Waals surface area contributed by atoms with E-state index in [2.05, 4.69) is 53.0 Å². The zero-order valence-electron chi connectivity index (χ0n) is 15.6. The van der Waals surface area contributed by atoms with Gasteiger partial charge in [0.25, 0.3) is 5.56 Å². The normalized spacial score (nSPS) is 10.9. The molecule has 27 heavy (non-hydrogen) atoms. The Morgan fingerprint density at radius 1 is 1.11 bits per heavy atom. The van der Waals surface area contributed by atoms with Crippen LogP contribution in [0.3, 0.4) is 0 Å². The molecule has 0 aliphatic rings. The molecule has 0 fully saturated rings. The van der Waals surface area contributed by atoms with Crippen LogP contribution in [0.1, 0.15) is 23.7 Å². The third kappa shape index (κ3) is 4.22. The lowest BCUT2D eigenvalue weighted by molar-refractivity contribution is 0.626. The molecule has 2 aromatic carbocycles. The number of benzene rings is 2. The number of nitrogens with zero attached hydrogens (tertiary/aromatic N) is 2. The van der Waals surface area contributed by atoms with Crippen molar-refractivity contribution in [3.63, 3.8) is 0 Å². The van der Waals surface area contributed by atoms with Crippen LogP contribution in [0.2, 0.25) is 0 Å². The second-order valence-electron chi connectivity index (χ2n) is 6.34. The van der Waals surface area contributed by atoms with Gasteiger partial charge in [0.2, 0.25) is 0 Å². The van der Waals surface area contributed by atoms with Crippen LogP contribution < -0.4 is 5.56 Å². The van der Waals surface area contributed by atoms with E-state index in [4.69, 9.17) is 0 Å². The topological polar surface area (TPSA) is 34.9 Å². The molecule has 0 radical (unpaired) electrons. The molecule has 0 saturated carbocycles. The molecule has 0 amide bonds. The molecule has 0 atom stereocenters. The van der Waals surface area contributed by atoms with E-state index in [1.165, 1.54) is 28.1 Å². The first-order valence-electron chi connectivity index (χ1n) is 9.12. The zero-order chi connectivity index (χ0) is 19.2. The molecule has 0 aliphatic carbocycles. The van der Waals surface area contributed by atoms with Crippen LogP contribution >= 0.6 is 11.8 Å². The average molecular weight is 377 g/mol. The summed E-state index contributed by atoms with van der Waals surface area (Å²) in [5.41, 5.74) is 2.87. The van der Waals surface area contributed by atoms with E-state index in [1.54, 1.807) is 0 Å². The van der Waals surface area contributed by atoms with Crippen molar-refractivity contribution in [2.45, 2.75) is 31.5 Å². The Morgan fingerprint density at radius 3 is 2.59 bits per heavy atom. The van der Waals surface area contributed by atoms with Crippen molar-refractivity contribution in [1.82, 2.24) is 9.55 Å². The molecule has 3 rings (SSSR count). The Bertz CT molecular complexity index is 1040. The number of rotatable bonds is 8. The Morgan fingerprint density at radius 2 is 1.89 bits per heavy atom. The number of thioether (sulfide) groups is 1. The van der Waals surface area contributed by atoms with E-state index in [0.717, 1.165) is 16.4 Å². The fraction of sp³-hybridized carbons (Fsp3) is 0.217. The summed E-state index contributed by atoms with van der Waals surface area (Å²) in [5, 5.41) is 3.16. The molecule has 3 nitrogen and oxygen atoms in total. The van der Waals surface area contributed by atoms with Gasteiger partial charge in [-0.1, -0.05) is 73.3 Å². The van der Waals surface area contributed by atoms with E-state index >= 15 is 0 Å². The Balaban J connectivity index is 2.12. The van der Waals surface area contributed by atoms with Crippen LogP contribution in [0.15, 0.2) is 77.7 Å². The SMILES string of the molecule is C=CCSc1nc(=O)c(CC)c(Cc2ccc3ccccc3c2)n1CC=C. The zero-order valence-corrected chi connectivity index (χ0v) is 16.5. The Kier molecular flexibility index (Phi) is 6.30. The number of hydrogen-bond donors (Lipinski definition) is 0. The summed E-state index contributed by atoms with van der Waals surface area (Å²) in [6, 6.07) is 14.8. The van der Waals surface area contributed by atoms with E-state index < -0.39 is 0 Å². The van der Waals surface area contributed by atoms with Crippen LogP contribution in [-0.2, 0) is 19.4 Å². The monoisotopic (exact) mass is 376 g/mol. The summed E-state index contributed by atoms with van der Waals surface area (Å²) in [6.07, 6.45) is 5.04. The maximum Gasteiger partial charge on any atom is 0.277 e. The summed E-state index contributed by atoms with van der Waals surface area (Å²) in [6.45, 7) is 10.3. The van der Waals surface area contributed by atoms with Gasteiger partial charge in [-0.15, -0.1) is 13.2 Å². The van der Waals surface area contributed by atoms with Crippen LogP contribution in [0.5, 0.6) is 0 Å². The fourth-order valence-electron chi connectivity index (χ4n) is 3.28. The Hall–Kier alpha value is -2.59. The molecule has 0 bridgehead atoms. The number of hydrogen-bond acceptors (Lipinski definition) is 3. The molecule has 1 aromatic heterocycles. The molecule has 0 aliphatic heterocycles. The average Bonchev–Trinajstić information content (AvgIpc) is 2.68. The molecule has 0 N–H and O–H groups in total. The molecule has 138 valence electrons. The smallest absolute Gasteiger partial charge is 0.277 e. The molecule has 0 saturated heterocycles. The van der Waals surface area contributed by atoms with Gasteiger partial charge in [0.15, 0.2) is 5.16 Å². The minimum Gasteiger partial charge on any atom is -0.320 e. The van der Waals surface area contributed by atoms with E-state index in [1.807, 2.05) is 31.2 Å². The van der Waals surface area contributed by atoms with Gasteiger partial charge in [-0.3, -0.25) is 4.79 Å². The van der Waals surface area contributed by atoms with E-state index in [-0.39, 0.29) is 5.56 Å². The summed E-state index contributed by atoms with van der Waals surface area (Å²) < 4.78 is 2.12. The fourth-order valence-corrected chi connectivity index (χ4v) is 4.03. The molecule has 0 spiro atoms. The first kappa shape index (κ1) is 19.2. The molecular weight excluding hydrogens is 352 g/mol. The van der Waals surface area contributed by atoms with Gasteiger partial charge in [-0.2, -0.15) is 4.98 Å². The highest BCUT2D eigenvalue weighted by atomic mass is 32.2. The third-order valence-electron chi connectivity index (χ3n) is 4.54. The quantitative estimate of drug-likeness (QED) is 0.315. The maximum atomic E-state index is 12.6. The van der Waals surface area contributed by atoms with Crippen molar-refractivity contribution in [3.8, 4) is 0 Å². The second kappa shape index (κ2) is 8.87. The largest absolute Gasteiger partial charge is 0.320 e. The highest BCUT2D eigenvalue weighted by Crippen LogP contribution is 2.23. The maximum absolute atomic E-state index is 12.6. The van der Waals surface area contributed by atoms with Crippen molar-refractivity contribution in [2.75, 3.05) is 5.75 Å². The predicted octanol–water partition coefficient (Wildman–Crippen LogP) is 5.01. The van der Waals surface area contributed by atoms with Crippen LogP contribution in [0.4, 0.5) is 0 Å².